The van der Waals surface area contributed by atoms with Crippen LogP contribution in [0.15, 0.2) is 24.3 Å². The first kappa shape index (κ1) is 21.2. The molecule has 170 valence electrons. The molecule has 7 heteroatoms. The molecular weight excluding hydrogens is 405 g/mol. The molecule has 0 radical (unpaired) electrons. The zero-order chi connectivity index (χ0) is 22.1. The second-order valence-corrected chi connectivity index (χ2v) is 9.45. The molecule has 1 aromatic carbocycles. The topological polar surface area (TPSA) is 52.6 Å². The van der Waals surface area contributed by atoms with Gasteiger partial charge in [0.25, 0.3) is 5.91 Å². The molecule has 2 aromatic rings. The fraction of sp³-hybridized carbons (Fsp3) is 0.560. The van der Waals surface area contributed by atoms with Gasteiger partial charge in [0.05, 0.1) is 17.8 Å². The first-order valence-electron chi connectivity index (χ1n) is 12.0. The summed E-state index contributed by atoms with van der Waals surface area (Å²) in [6.07, 6.45) is 6.59. The molecular formula is C25H32FN5O. The van der Waals surface area contributed by atoms with Crippen molar-refractivity contribution in [2.45, 2.75) is 52.0 Å². The molecule has 0 saturated carbocycles. The molecule has 0 aliphatic carbocycles. The Morgan fingerprint density at radius 1 is 0.969 bits per heavy atom. The summed E-state index contributed by atoms with van der Waals surface area (Å²) < 4.78 is 14.3. The smallest absolute Gasteiger partial charge is 0.257 e. The summed E-state index contributed by atoms with van der Waals surface area (Å²) in [5, 5.41) is 0. The number of carbonyl (C=O) groups is 1. The van der Waals surface area contributed by atoms with Crippen molar-refractivity contribution >= 4 is 17.7 Å². The first-order valence-corrected chi connectivity index (χ1v) is 12.0. The summed E-state index contributed by atoms with van der Waals surface area (Å²) in [5.74, 6) is 1.85. The minimum absolute atomic E-state index is 0.135. The molecule has 2 fully saturated rings. The number of halogens is 1. The predicted octanol–water partition coefficient (Wildman–Crippen LogP) is 4.04. The van der Waals surface area contributed by atoms with Crippen LogP contribution < -0.4 is 9.80 Å². The Bertz CT molecular complexity index is 982. The van der Waals surface area contributed by atoms with Crippen LogP contribution in [0, 0.1) is 11.7 Å². The Morgan fingerprint density at radius 3 is 2.47 bits per heavy atom. The number of hydrogen-bond donors (Lipinski definition) is 0. The lowest BCUT2D eigenvalue weighted by Crippen LogP contribution is -2.40. The molecule has 0 atom stereocenters. The van der Waals surface area contributed by atoms with E-state index in [0.717, 1.165) is 68.0 Å². The lowest BCUT2D eigenvalue weighted by atomic mass is 9.99. The Morgan fingerprint density at radius 2 is 1.72 bits per heavy atom. The molecule has 4 heterocycles. The lowest BCUT2D eigenvalue weighted by molar-refractivity contribution is 0.0729. The highest BCUT2D eigenvalue weighted by Crippen LogP contribution is 2.32. The SMILES string of the molecule is CC1CCN(c2nc3c(c(N4CCCCC4)n2)CN(C(=O)c2ccccc2F)CC3)CC1. The first-order chi connectivity index (χ1) is 15.6. The van der Waals surface area contributed by atoms with E-state index >= 15 is 0 Å². The maximum absolute atomic E-state index is 14.3. The van der Waals surface area contributed by atoms with E-state index in [-0.39, 0.29) is 11.5 Å². The van der Waals surface area contributed by atoms with E-state index in [1.807, 2.05) is 0 Å². The molecule has 2 saturated heterocycles. The zero-order valence-corrected chi connectivity index (χ0v) is 18.9. The largest absolute Gasteiger partial charge is 0.356 e. The van der Waals surface area contributed by atoms with Gasteiger partial charge in [0.2, 0.25) is 5.95 Å². The number of aromatic nitrogens is 2. The average Bonchev–Trinajstić information content (AvgIpc) is 2.84. The second-order valence-electron chi connectivity index (χ2n) is 9.45. The molecule has 0 N–H and O–H groups in total. The molecule has 1 amide bonds. The predicted molar refractivity (Wildman–Crippen MR) is 124 cm³/mol. The van der Waals surface area contributed by atoms with Gasteiger partial charge in [-0.05, 0) is 50.2 Å². The van der Waals surface area contributed by atoms with Gasteiger partial charge in [0.1, 0.15) is 11.6 Å². The number of nitrogens with zero attached hydrogens (tertiary/aromatic N) is 5. The van der Waals surface area contributed by atoms with E-state index in [4.69, 9.17) is 9.97 Å². The number of rotatable bonds is 3. The Labute approximate surface area is 189 Å². The van der Waals surface area contributed by atoms with Crippen LogP contribution in [0.4, 0.5) is 16.2 Å². The molecule has 0 bridgehead atoms. The fourth-order valence-electron chi connectivity index (χ4n) is 5.08. The van der Waals surface area contributed by atoms with E-state index < -0.39 is 5.82 Å². The Balaban J connectivity index is 1.47. The minimum atomic E-state index is -0.467. The van der Waals surface area contributed by atoms with Crippen molar-refractivity contribution in [2.75, 3.05) is 42.5 Å². The van der Waals surface area contributed by atoms with E-state index in [2.05, 4.69) is 16.7 Å². The summed E-state index contributed by atoms with van der Waals surface area (Å²) in [5.41, 5.74) is 2.22. The van der Waals surface area contributed by atoms with Crippen LogP contribution in [0.1, 0.15) is 60.6 Å². The van der Waals surface area contributed by atoms with Gasteiger partial charge in [-0.25, -0.2) is 9.37 Å². The van der Waals surface area contributed by atoms with E-state index in [1.54, 1.807) is 23.1 Å². The van der Waals surface area contributed by atoms with Gasteiger partial charge in [0.15, 0.2) is 0 Å². The van der Waals surface area contributed by atoms with Crippen molar-refractivity contribution in [3.63, 3.8) is 0 Å². The number of carbonyl (C=O) groups excluding carboxylic acids is 1. The van der Waals surface area contributed by atoms with Gasteiger partial charge in [0, 0.05) is 44.7 Å². The molecule has 1 aromatic heterocycles. The third-order valence-corrected chi connectivity index (χ3v) is 7.14. The van der Waals surface area contributed by atoms with Gasteiger partial charge < -0.3 is 14.7 Å². The average molecular weight is 438 g/mol. The van der Waals surface area contributed by atoms with Crippen LogP contribution in [0.3, 0.4) is 0 Å². The number of hydrogen-bond acceptors (Lipinski definition) is 5. The van der Waals surface area contributed by atoms with Crippen LogP contribution in [0.25, 0.3) is 0 Å². The van der Waals surface area contributed by atoms with Crippen molar-refractivity contribution < 1.29 is 9.18 Å². The number of anilines is 2. The summed E-state index contributed by atoms with van der Waals surface area (Å²) in [6.45, 7) is 7.26. The zero-order valence-electron chi connectivity index (χ0n) is 18.9. The van der Waals surface area contributed by atoms with Crippen molar-refractivity contribution in [1.82, 2.24) is 14.9 Å². The standard InChI is InChI=1S/C25H32FN5O/c1-18-9-14-30(15-10-18)25-27-22-11-16-31(24(32)19-7-3-4-8-21(19)26)17-20(22)23(28-25)29-12-5-2-6-13-29/h3-4,7-8,18H,2,5-6,9-17H2,1H3. The maximum Gasteiger partial charge on any atom is 0.257 e. The quantitative estimate of drug-likeness (QED) is 0.725. The van der Waals surface area contributed by atoms with E-state index in [1.165, 1.54) is 25.3 Å². The Kier molecular flexibility index (Phi) is 5.98. The highest BCUT2D eigenvalue weighted by Gasteiger charge is 2.31. The fourth-order valence-corrected chi connectivity index (χ4v) is 5.08. The van der Waals surface area contributed by atoms with E-state index in [9.17, 15) is 9.18 Å². The number of piperidine rings is 2. The number of fused-ring (bicyclic) bond motifs is 1. The van der Waals surface area contributed by atoms with Gasteiger partial charge in [-0.1, -0.05) is 19.1 Å². The van der Waals surface area contributed by atoms with E-state index in [0.29, 0.717) is 19.5 Å². The highest BCUT2D eigenvalue weighted by molar-refractivity contribution is 5.94. The Hall–Kier alpha value is -2.70. The molecule has 0 unspecified atom stereocenters. The molecule has 3 aliphatic rings. The molecule has 5 rings (SSSR count). The van der Waals surface area contributed by atoms with Gasteiger partial charge in [-0.15, -0.1) is 0 Å². The summed E-state index contributed by atoms with van der Waals surface area (Å²) >= 11 is 0. The normalized spacial score (nSPS) is 19.8. The monoisotopic (exact) mass is 437 g/mol. The highest BCUT2D eigenvalue weighted by atomic mass is 19.1. The van der Waals surface area contributed by atoms with Gasteiger partial charge in [-0.2, -0.15) is 4.98 Å². The third-order valence-electron chi connectivity index (χ3n) is 7.14. The lowest BCUT2D eigenvalue weighted by Gasteiger charge is -2.36. The second kappa shape index (κ2) is 9.04. The van der Waals surface area contributed by atoms with Gasteiger partial charge in [-0.3, -0.25) is 4.79 Å². The van der Waals surface area contributed by atoms with Gasteiger partial charge >= 0.3 is 0 Å². The van der Waals surface area contributed by atoms with Crippen LogP contribution >= 0.6 is 0 Å². The number of benzene rings is 1. The van der Waals surface area contributed by atoms with Crippen molar-refractivity contribution in [1.29, 1.82) is 0 Å². The van der Waals surface area contributed by atoms with Crippen LogP contribution in [-0.4, -0.2) is 53.5 Å². The van der Waals surface area contributed by atoms with Crippen LogP contribution in [0.5, 0.6) is 0 Å². The van der Waals surface area contributed by atoms with Crippen LogP contribution in [0.2, 0.25) is 0 Å². The number of amides is 1. The summed E-state index contributed by atoms with van der Waals surface area (Å²) in [4.78, 5) is 29.6. The van der Waals surface area contributed by atoms with Crippen LogP contribution in [-0.2, 0) is 13.0 Å². The molecule has 3 aliphatic heterocycles. The van der Waals surface area contributed by atoms with Crippen molar-refractivity contribution in [2.24, 2.45) is 5.92 Å². The molecule has 32 heavy (non-hydrogen) atoms. The molecule has 6 nitrogen and oxygen atoms in total. The summed E-state index contributed by atoms with van der Waals surface area (Å²) in [7, 11) is 0. The molecule has 0 spiro atoms. The van der Waals surface area contributed by atoms with Crippen molar-refractivity contribution in [3.05, 3.63) is 46.9 Å². The minimum Gasteiger partial charge on any atom is -0.356 e. The maximum atomic E-state index is 14.3. The summed E-state index contributed by atoms with van der Waals surface area (Å²) in [6, 6.07) is 6.24. The third kappa shape index (κ3) is 4.17. The van der Waals surface area contributed by atoms with Crippen molar-refractivity contribution in [3.8, 4) is 0 Å².